The number of amides is 3. The molecule has 7 nitrogen and oxygen atoms in total. The Bertz CT molecular complexity index is 1610. The molecule has 10 heteroatoms. The zero-order valence-electron chi connectivity index (χ0n) is 22.4. The summed E-state index contributed by atoms with van der Waals surface area (Å²) >= 11 is 12.1. The third-order valence-corrected chi connectivity index (χ3v) is 6.93. The van der Waals surface area contributed by atoms with Crippen LogP contribution in [-0.4, -0.2) is 22.3 Å². The Kier molecular flexibility index (Phi) is 8.81. The maximum absolute atomic E-state index is 13.9. The van der Waals surface area contributed by atoms with Gasteiger partial charge in [0.15, 0.2) is 0 Å². The molecule has 0 fully saturated rings. The number of halogens is 3. The van der Waals surface area contributed by atoms with Crippen molar-refractivity contribution in [3.05, 3.63) is 93.3 Å². The minimum Gasteiger partial charge on any atom is -0.352 e. The van der Waals surface area contributed by atoms with Crippen LogP contribution in [0.2, 0.25) is 10.0 Å². The predicted octanol–water partition coefficient (Wildman–Crippen LogP) is 7.44. The second-order valence-corrected chi connectivity index (χ2v) is 10.8. The van der Waals surface area contributed by atoms with Gasteiger partial charge >= 0.3 is 0 Å². The topological polar surface area (TPSA) is 92.2 Å². The Morgan fingerprint density at radius 1 is 0.825 bits per heavy atom. The van der Waals surface area contributed by atoms with E-state index in [1.807, 2.05) is 24.5 Å². The maximum atomic E-state index is 13.9. The van der Waals surface area contributed by atoms with Crippen molar-refractivity contribution in [3.8, 4) is 0 Å². The van der Waals surface area contributed by atoms with Crippen LogP contribution in [0.15, 0.2) is 60.7 Å². The minimum atomic E-state index is -0.629. The van der Waals surface area contributed by atoms with E-state index < -0.39 is 17.6 Å². The maximum Gasteiger partial charge on any atom is 0.272 e. The first-order valence-corrected chi connectivity index (χ1v) is 13.5. The third kappa shape index (κ3) is 6.46. The van der Waals surface area contributed by atoms with Crippen molar-refractivity contribution < 1.29 is 18.8 Å². The Hall–Kier alpha value is -3.88. The predicted molar refractivity (Wildman–Crippen MR) is 158 cm³/mol. The zero-order valence-corrected chi connectivity index (χ0v) is 24.0. The van der Waals surface area contributed by atoms with Crippen molar-refractivity contribution >= 4 is 63.2 Å². The first-order valence-electron chi connectivity index (χ1n) is 12.7. The molecule has 0 unspecified atom stereocenters. The average Bonchev–Trinajstić information content (AvgIpc) is 3.29. The lowest BCUT2D eigenvalue weighted by Gasteiger charge is -2.15. The molecule has 3 amide bonds. The zero-order chi connectivity index (χ0) is 29.1. The molecule has 0 saturated carbocycles. The van der Waals surface area contributed by atoms with E-state index in [9.17, 15) is 18.8 Å². The van der Waals surface area contributed by atoms with Gasteiger partial charge in [-0.1, -0.05) is 43.1 Å². The molecular weight excluding hydrogens is 554 g/mol. The molecule has 0 radical (unpaired) electrons. The lowest BCUT2D eigenvalue weighted by Crippen LogP contribution is -2.27. The third-order valence-electron chi connectivity index (χ3n) is 6.29. The van der Waals surface area contributed by atoms with Gasteiger partial charge in [-0.3, -0.25) is 14.4 Å². The number of carbonyl (C=O) groups is 3. The Labute approximate surface area is 241 Å². The molecular formula is C30H29Cl2FN4O3. The van der Waals surface area contributed by atoms with Gasteiger partial charge in [-0.2, -0.15) is 0 Å². The summed E-state index contributed by atoms with van der Waals surface area (Å²) in [5.41, 5.74) is 2.98. The highest BCUT2D eigenvalue weighted by Gasteiger charge is 2.19. The second kappa shape index (κ2) is 12.1. The SMILES string of the molecule is CC(C)C(=O)NCc1ccc(Cl)c(C(=O)Nc2ccc3c(c2)cc(C(=O)Nc2ccc(Cl)c(F)c2)n3C(C)C)c1. The lowest BCUT2D eigenvalue weighted by molar-refractivity contribution is -0.124. The second-order valence-electron chi connectivity index (χ2n) is 9.99. The summed E-state index contributed by atoms with van der Waals surface area (Å²) in [6.07, 6.45) is 0. The van der Waals surface area contributed by atoms with E-state index in [1.165, 1.54) is 12.1 Å². The summed E-state index contributed by atoms with van der Waals surface area (Å²) < 4.78 is 15.7. The summed E-state index contributed by atoms with van der Waals surface area (Å²) in [5, 5.41) is 9.39. The van der Waals surface area contributed by atoms with Gasteiger partial charge in [-0.15, -0.1) is 0 Å². The van der Waals surface area contributed by atoms with Gasteiger partial charge < -0.3 is 20.5 Å². The number of nitrogens with one attached hydrogen (secondary N) is 3. The van der Waals surface area contributed by atoms with Crippen molar-refractivity contribution in [2.24, 2.45) is 5.92 Å². The molecule has 3 aromatic carbocycles. The standard InChI is InChI=1S/C30H29Cl2FN4O3/c1-16(2)28(38)34-15-18-5-8-23(31)22(11-18)29(39)35-20-7-10-26-19(12-20)13-27(37(26)17(3)4)30(40)36-21-6-9-24(32)25(33)14-21/h5-14,16-17H,15H2,1-4H3,(H,34,38)(H,35,39)(H,36,40). The number of aromatic nitrogens is 1. The molecule has 0 aliphatic rings. The summed E-state index contributed by atoms with van der Waals surface area (Å²) in [4.78, 5) is 38.2. The molecule has 0 bridgehead atoms. The van der Waals surface area contributed by atoms with Crippen molar-refractivity contribution in [3.63, 3.8) is 0 Å². The number of hydrogen-bond acceptors (Lipinski definition) is 3. The number of fused-ring (bicyclic) bond motifs is 1. The smallest absolute Gasteiger partial charge is 0.272 e. The number of benzene rings is 3. The normalized spacial score (nSPS) is 11.2. The van der Waals surface area contributed by atoms with Gasteiger partial charge in [0.2, 0.25) is 5.91 Å². The number of nitrogens with zero attached hydrogens (tertiary/aromatic N) is 1. The van der Waals surface area contributed by atoms with E-state index in [-0.39, 0.29) is 45.7 Å². The van der Waals surface area contributed by atoms with E-state index in [1.54, 1.807) is 50.2 Å². The Morgan fingerprint density at radius 2 is 1.48 bits per heavy atom. The van der Waals surface area contributed by atoms with Gasteiger partial charge in [-0.25, -0.2) is 4.39 Å². The highest BCUT2D eigenvalue weighted by atomic mass is 35.5. The molecule has 0 aliphatic heterocycles. The van der Waals surface area contributed by atoms with Crippen LogP contribution in [-0.2, 0) is 11.3 Å². The monoisotopic (exact) mass is 582 g/mol. The van der Waals surface area contributed by atoms with Crippen LogP contribution in [0, 0.1) is 11.7 Å². The molecule has 1 heterocycles. The first-order chi connectivity index (χ1) is 18.9. The molecule has 0 saturated heterocycles. The molecule has 3 N–H and O–H groups in total. The van der Waals surface area contributed by atoms with E-state index >= 15 is 0 Å². The van der Waals surface area contributed by atoms with Crippen molar-refractivity contribution in [2.75, 3.05) is 10.6 Å². The quantitative estimate of drug-likeness (QED) is 0.201. The molecule has 0 spiro atoms. The van der Waals surface area contributed by atoms with Gasteiger partial charge in [0.05, 0.1) is 15.6 Å². The molecule has 4 rings (SSSR count). The highest BCUT2D eigenvalue weighted by Crippen LogP contribution is 2.29. The largest absolute Gasteiger partial charge is 0.352 e. The van der Waals surface area contributed by atoms with Crippen molar-refractivity contribution in [1.29, 1.82) is 0 Å². The highest BCUT2D eigenvalue weighted by molar-refractivity contribution is 6.34. The summed E-state index contributed by atoms with van der Waals surface area (Å²) in [5.74, 6) is -1.69. The fraction of sp³-hybridized carbons (Fsp3) is 0.233. The fourth-order valence-electron chi connectivity index (χ4n) is 4.26. The van der Waals surface area contributed by atoms with Crippen LogP contribution in [0.5, 0.6) is 0 Å². The number of hydrogen-bond donors (Lipinski definition) is 3. The first kappa shape index (κ1) is 29.1. The summed E-state index contributed by atoms with van der Waals surface area (Å²) in [6, 6.07) is 16.1. The van der Waals surface area contributed by atoms with E-state index in [2.05, 4.69) is 16.0 Å². The number of carbonyl (C=O) groups excluding carboxylic acids is 3. The Morgan fingerprint density at radius 3 is 2.15 bits per heavy atom. The lowest BCUT2D eigenvalue weighted by atomic mass is 10.1. The van der Waals surface area contributed by atoms with E-state index in [4.69, 9.17) is 23.2 Å². The fourth-order valence-corrected chi connectivity index (χ4v) is 4.58. The van der Waals surface area contributed by atoms with Crippen LogP contribution in [0.3, 0.4) is 0 Å². The van der Waals surface area contributed by atoms with Crippen LogP contribution in [0.25, 0.3) is 10.9 Å². The Balaban J connectivity index is 1.57. The van der Waals surface area contributed by atoms with Crippen molar-refractivity contribution in [1.82, 2.24) is 9.88 Å². The minimum absolute atomic E-state index is 0.0326. The van der Waals surface area contributed by atoms with Gasteiger partial charge in [0.1, 0.15) is 11.5 Å². The van der Waals surface area contributed by atoms with Gasteiger partial charge in [0.25, 0.3) is 11.8 Å². The van der Waals surface area contributed by atoms with Gasteiger partial charge in [0, 0.05) is 40.8 Å². The molecule has 1 aromatic heterocycles. The van der Waals surface area contributed by atoms with E-state index in [0.29, 0.717) is 11.4 Å². The van der Waals surface area contributed by atoms with Crippen LogP contribution in [0.1, 0.15) is 60.1 Å². The molecule has 4 aromatic rings. The van der Waals surface area contributed by atoms with Crippen LogP contribution < -0.4 is 16.0 Å². The van der Waals surface area contributed by atoms with Gasteiger partial charge in [-0.05, 0) is 74.0 Å². The molecule has 208 valence electrons. The molecule has 40 heavy (non-hydrogen) atoms. The van der Waals surface area contributed by atoms with E-state index in [0.717, 1.165) is 22.5 Å². The average molecular weight is 583 g/mol. The van der Waals surface area contributed by atoms with Crippen LogP contribution in [0.4, 0.5) is 15.8 Å². The summed E-state index contributed by atoms with van der Waals surface area (Å²) in [6.45, 7) is 7.78. The number of rotatable bonds is 8. The molecule has 0 atom stereocenters. The van der Waals surface area contributed by atoms with Crippen LogP contribution >= 0.6 is 23.2 Å². The number of anilines is 2. The molecule has 0 aliphatic carbocycles. The summed E-state index contributed by atoms with van der Waals surface area (Å²) in [7, 11) is 0. The van der Waals surface area contributed by atoms with Crippen molar-refractivity contribution in [2.45, 2.75) is 40.3 Å².